The number of nitrogens with zero attached hydrogens (tertiary/aromatic N) is 2. The van der Waals surface area contributed by atoms with Crippen molar-refractivity contribution in [3.05, 3.63) is 30.6 Å². The van der Waals surface area contributed by atoms with Gasteiger partial charge in [-0.1, -0.05) is 0 Å². The number of hydrogen-bond acceptors (Lipinski definition) is 4. The van der Waals surface area contributed by atoms with Crippen LogP contribution in [-0.4, -0.2) is 29.6 Å². The van der Waals surface area contributed by atoms with E-state index in [-0.39, 0.29) is 24.3 Å². The normalized spacial score (nSPS) is 11.7. The number of sulfone groups is 1. The number of halogens is 1. The van der Waals surface area contributed by atoms with Crippen LogP contribution in [0.25, 0.3) is 0 Å². The van der Waals surface area contributed by atoms with Crippen LogP contribution in [-0.2, 0) is 22.9 Å². The maximum atomic E-state index is 11.9. The van der Waals surface area contributed by atoms with Crippen LogP contribution in [0.1, 0.15) is 13.3 Å². The molecule has 1 aromatic rings. The van der Waals surface area contributed by atoms with E-state index >= 15 is 0 Å². The Balaban J connectivity index is 3.06. The maximum absolute atomic E-state index is 11.9. The highest BCUT2D eigenvalue weighted by molar-refractivity contribution is 14.1. The molecule has 102 valence electrons. The van der Waals surface area contributed by atoms with E-state index in [0.29, 0.717) is 10.1 Å². The van der Waals surface area contributed by atoms with Crippen LogP contribution in [0.2, 0.25) is 0 Å². The molecule has 0 aromatic carbocycles. The third-order valence-corrected chi connectivity index (χ3v) is 4.20. The zero-order chi connectivity index (χ0) is 13.9. The molecule has 0 amide bonds. The monoisotopic (exact) mass is 386 g/mol. The predicted octanol–water partition coefficient (Wildman–Crippen LogP) is 0.0692. The Hall–Kier alpha value is -0.640. The van der Waals surface area contributed by atoms with Crippen molar-refractivity contribution >= 4 is 32.4 Å². The molecule has 0 aliphatic rings. The van der Waals surface area contributed by atoms with Gasteiger partial charge in [0.2, 0.25) is 0 Å². The molecule has 0 bridgehead atoms. The molecule has 0 aliphatic heterocycles. The van der Waals surface area contributed by atoms with Crippen LogP contribution in [0.4, 0.5) is 0 Å². The number of aromatic nitrogens is 2. The Kier molecular flexibility index (Phi) is 5.14. The minimum Gasteiger partial charge on any atom is -0.300 e. The van der Waals surface area contributed by atoms with Crippen LogP contribution in [0.3, 0.4) is 0 Å². The first-order valence-electron chi connectivity index (χ1n) is 5.43. The molecular formula is C10H15IN2O4S. The molecule has 0 saturated heterocycles. The summed E-state index contributed by atoms with van der Waals surface area (Å²) in [5.41, 5.74) is -0.754. The molecule has 0 radical (unpaired) electrons. The Morgan fingerprint density at radius 2 is 1.94 bits per heavy atom. The van der Waals surface area contributed by atoms with Gasteiger partial charge in [-0.15, -0.1) is 0 Å². The Bertz CT molecular complexity index is 645. The van der Waals surface area contributed by atoms with Gasteiger partial charge in [0.1, 0.15) is 9.84 Å². The smallest absolute Gasteiger partial charge is 0.300 e. The summed E-state index contributed by atoms with van der Waals surface area (Å²) < 4.78 is 25.0. The second-order valence-corrected chi connectivity index (χ2v) is 7.41. The van der Waals surface area contributed by atoms with Crippen molar-refractivity contribution in [3.8, 4) is 0 Å². The molecule has 0 unspecified atom stereocenters. The fourth-order valence-corrected chi connectivity index (χ4v) is 2.81. The van der Waals surface area contributed by atoms with Crippen molar-refractivity contribution < 1.29 is 8.42 Å². The van der Waals surface area contributed by atoms with Crippen molar-refractivity contribution in [2.24, 2.45) is 0 Å². The summed E-state index contributed by atoms with van der Waals surface area (Å²) in [7, 11) is -3.07. The molecule has 1 rings (SSSR count). The third kappa shape index (κ3) is 3.94. The van der Waals surface area contributed by atoms with E-state index in [2.05, 4.69) is 0 Å². The molecule has 0 fully saturated rings. The molecule has 0 saturated carbocycles. The van der Waals surface area contributed by atoms with Gasteiger partial charge < -0.3 is 0 Å². The van der Waals surface area contributed by atoms with Crippen LogP contribution < -0.4 is 11.2 Å². The number of hydrogen-bond donors (Lipinski definition) is 0. The first kappa shape index (κ1) is 15.4. The summed E-state index contributed by atoms with van der Waals surface area (Å²) in [6.45, 7) is 2.41. The summed E-state index contributed by atoms with van der Waals surface area (Å²) >= 11 is 1.87. The zero-order valence-electron chi connectivity index (χ0n) is 10.2. The topological polar surface area (TPSA) is 78.1 Å². The molecular weight excluding hydrogens is 371 g/mol. The first-order valence-corrected chi connectivity index (χ1v) is 8.57. The average molecular weight is 386 g/mol. The van der Waals surface area contributed by atoms with E-state index in [1.807, 2.05) is 29.5 Å². The number of rotatable bonds is 5. The lowest BCUT2D eigenvalue weighted by Gasteiger charge is -2.09. The summed E-state index contributed by atoms with van der Waals surface area (Å²) in [6.07, 6.45) is 2.91. The molecule has 0 N–H and O–H groups in total. The highest BCUT2D eigenvalue weighted by atomic mass is 127. The largest absolute Gasteiger partial charge is 0.331 e. The Morgan fingerprint density at radius 3 is 2.44 bits per heavy atom. The van der Waals surface area contributed by atoms with Crippen molar-refractivity contribution in [1.29, 1.82) is 0 Å². The predicted molar refractivity (Wildman–Crippen MR) is 77.7 cm³/mol. The van der Waals surface area contributed by atoms with Crippen molar-refractivity contribution in [3.63, 3.8) is 0 Å². The standard InChI is InChI=1S/C10H15IN2O4S/c1-3-12-7-8(11)9(14)13(10(12)15)5-4-6-18(2,16)17/h7H,3-6H2,1-2H3. The van der Waals surface area contributed by atoms with Gasteiger partial charge in [-0.3, -0.25) is 13.9 Å². The van der Waals surface area contributed by atoms with E-state index in [4.69, 9.17) is 0 Å². The lowest BCUT2D eigenvalue weighted by Crippen LogP contribution is -2.41. The van der Waals surface area contributed by atoms with Crippen LogP contribution in [0, 0.1) is 3.57 Å². The van der Waals surface area contributed by atoms with Gasteiger partial charge in [0.15, 0.2) is 0 Å². The molecule has 8 heteroatoms. The highest BCUT2D eigenvalue weighted by Gasteiger charge is 2.10. The van der Waals surface area contributed by atoms with Gasteiger partial charge in [-0.05, 0) is 35.9 Å². The fraction of sp³-hybridized carbons (Fsp3) is 0.600. The fourth-order valence-electron chi connectivity index (χ4n) is 1.53. The Morgan fingerprint density at radius 1 is 1.33 bits per heavy atom. The molecule has 1 aromatic heterocycles. The number of aryl methyl sites for hydroxylation is 1. The van der Waals surface area contributed by atoms with E-state index in [9.17, 15) is 18.0 Å². The van der Waals surface area contributed by atoms with Gasteiger partial charge in [0, 0.05) is 25.5 Å². The first-order chi connectivity index (χ1) is 8.26. The van der Waals surface area contributed by atoms with Crippen molar-refractivity contribution in [2.75, 3.05) is 12.0 Å². The molecule has 0 spiro atoms. The van der Waals surface area contributed by atoms with Crippen LogP contribution in [0.15, 0.2) is 15.8 Å². The summed E-state index contributed by atoms with van der Waals surface area (Å²) in [5, 5.41) is 0. The second kappa shape index (κ2) is 6.00. The maximum Gasteiger partial charge on any atom is 0.331 e. The quantitative estimate of drug-likeness (QED) is 0.671. The molecule has 18 heavy (non-hydrogen) atoms. The van der Waals surface area contributed by atoms with Crippen molar-refractivity contribution in [2.45, 2.75) is 26.4 Å². The summed E-state index contributed by atoms with van der Waals surface area (Å²) in [6, 6.07) is 0. The average Bonchev–Trinajstić information content (AvgIpc) is 2.26. The highest BCUT2D eigenvalue weighted by Crippen LogP contribution is 1.96. The SMILES string of the molecule is CCn1cc(I)c(=O)n(CCCS(C)(=O)=O)c1=O. The van der Waals surface area contributed by atoms with E-state index in [1.54, 1.807) is 0 Å². The van der Waals surface area contributed by atoms with E-state index in [0.717, 1.165) is 10.8 Å². The zero-order valence-corrected chi connectivity index (χ0v) is 13.2. The molecule has 1 heterocycles. The van der Waals surface area contributed by atoms with Crippen molar-refractivity contribution in [1.82, 2.24) is 9.13 Å². The van der Waals surface area contributed by atoms with Gasteiger partial charge in [0.25, 0.3) is 5.56 Å². The Labute approximate surface area is 119 Å². The minimum absolute atomic E-state index is 0.0313. The van der Waals surface area contributed by atoms with Gasteiger partial charge >= 0.3 is 5.69 Å². The minimum atomic E-state index is -3.07. The summed E-state index contributed by atoms with van der Waals surface area (Å²) in [4.78, 5) is 23.7. The van der Waals surface area contributed by atoms with Gasteiger partial charge in [-0.2, -0.15) is 0 Å². The van der Waals surface area contributed by atoms with Crippen LogP contribution in [0.5, 0.6) is 0 Å². The lowest BCUT2D eigenvalue weighted by molar-refractivity contribution is 0.547. The lowest BCUT2D eigenvalue weighted by atomic mass is 10.4. The molecule has 0 aliphatic carbocycles. The van der Waals surface area contributed by atoms with Crippen LogP contribution >= 0.6 is 22.6 Å². The summed E-state index contributed by atoms with van der Waals surface area (Å²) in [5.74, 6) is -0.0313. The second-order valence-electron chi connectivity index (χ2n) is 3.99. The van der Waals surface area contributed by atoms with E-state index in [1.165, 1.54) is 10.8 Å². The molecule has 0 atom stereocenters. The van der Waals surface area contributed by atoms with Gasteiger partial charge in [-0.25, -0.2) is 13.2 Å². The van der Waals surface area contributed by atoms with Gasteiger partial charge in [0.05, 0.1) is 9.32 Å². The van der Waals surface area contributed by atoms with E-state index < -0.39 is 15.5 Å². The molecule has 6 nitrogen and oxygen atoms in total. The third-order valence-electron chi connectivity index (χ3n) is 2.43.